The van der Waals surface area contributed by atoms with E-state index in [0.717, 1.165) is 13.0 Å². The molecular formula is C12H14ClN5O. The van der Waals surface area contributed by atoms with Gasteiger partial charge in [-0.3, -0.25) is 4.79 Å². The average Bonchev–Trinajstić information content (AvgIpc) is 2.90. The van der Waals surface area contributed by atoms with E-state index < -0.39 is 0 Å². The van der Waals surface area contributed by atoms with Gasteiger partial charge in [-0.05, 0) is 12.5 Å². The van der Waals surface area contributed by atoms with Crippen molar-refractivity contribution in [3.05, 3.63) is 41.7 Å². The van der Waals surface area contributed by atoms with E-state index in [1.165, 1.54) is 12.3 Å². The van der Waals surface area contributed by atoms with Crippen molar-refractivity contribution in [2.75, 3.05) is 12.3 Å². The van der Waals surface area contributed by atoms with Crippen molar-refractivity contribution >= 4 is 23.2 Å². The molecule has 7 heteroatoms. The first-order valence-corrected chi connectivity index (χ1v) is 6.19. The molecule has 2 rings (SSSR count). The first kappa shape index (κ1) is 13.4. The number of nitrogens with two attached hydrogens (primary N) is 1. The number of nitrogens with one attached hydrogen (secondary N) is 1. The van der Waals surface area contributed by atoms with Crippen LogP contribution in [0.2, 0.25) is 5.15 Å². The second-order valence-electron chi connectivity index (χ2n) is 4.00. The van der Waals surface area contributed by atoms with Crippen LogP contribution in [0.25, 0.3) is 0 Å². The number of carbonyl (C=O) groups excluding carboxylic acids is 1. The molecule has 6 nitrogen and oxygen atoms in total. The molecular weight excluding hydrogens is 266 g/mol. The summed E-state index contributed by atoms with van der Waals surface area (Å²) in [7, 11) is 0. The van der Waals surface area contributed by atoms with E-state index in [4.69, 9.17) is 17.3 Å². The molecule has 0 aliphatic carbocycles. The SMILES string of the molecule is Nc1cnc(Cl)cc1C(=O)NCCCn1ccnc1. The van der Waals surface area contributed by atoms with Crippen molar-refractivity contribution in [3.8, 4) is 0 Å². The van der Waals surface area contributed by atoms with Gasteiger partial charge in [0.25, 0.3) is 5.91 Å². The molecule has 2 heterocycles. The molecule has 0 aliphatic heterocycles. The summed E-state index contributed by atoms with van der Waals surface area (Å²) in [6, 6.07) is 1.46. The normalized spacial score (nSPS) is 10.4. The van der Waals surface area contributed by atoms with E-state index in [9.17, 15) is 4.79 Å². The number of imidazole rings is 1. The van der Waals surface area contributed by atoms with E-state index in [-0.39, 0.29) is 11.1 Å². The molecule has 0 saturated carbocycles. The first-order chi connectivity index (χ1) is 9.16. The number of aryl methyl sites for hydroxylation is 1. The van der Waals surface area contributed by atoms with Crippen LogP contribution in [0.1, 0.15) is 16.8 Å². The van der Waals surface area contributed by atoms with Crippen molar-refractivity contribution in [1.82, 2.24) is 19.9 Å². The zero-order valence-corrected chi connectivity index (χ0v) is 11.0. The summed E-state index contributed by atoms with van der Waals surface area (Å²) in [5, 5.41) is 3.04. The molecule has 2 aromatic rings. The topological polar surface area (TPSA) is 85.8 Å². The highest BCUT2D eigenvalue weighted by Gasteiger charge is 2.10. The molecule has 0 fully saturated rings. The average molecular weight is 280 g/mol. The van der Waals surface area contributed by atoms with Crippen LogP contribution in [0.5, 0.6) is 0 Å². The molecule has 0 atom stereocenters. The maximum absolute atomic E-state index is 11.9. The lowest BCUT2D eigenvalue weighted by Gasteiger charge is -2.07. The summed E-state index contributed by atoms with van der Waals surface area (Å²) in [5.74, 6) is -0.243. The summed E-state index contributed by atoms with van der Waals surface area (Å²) in [6.45, 7) is 1.35. The van der Waals surface area contributed by atoms with Gasteiger partial charge in [-0.1, -0.05) is 11.6 Å². The van der Waals surface area contributed by atoms with Gasteiger partial charge in [0.15, 0.2) is 0 Å². The van der Waals surface area contributed by atoms with Gasteiger partial charge in [0, 0.05) is 25.5 Å². The molecule has 1 amide bonds. The molecule has 0 unspecified atom stereocenters. The third-order valence-corrected chi connectivity index (χ3v) is 2.79. The minimum atomic E-state index is -0.243. The lowest BCUT2D eigenvalue weighted by Crippen LogP contribution is -2.26. The summed E-state index contributed by atoms with van der Waals surface area (Å²) in [4.78, 5) is 19.6. The number of rotatable bonds is 5. The predicted octanol–water partition coefficient (Wildman–Crippen LogP) is 1.33. The van der Waals surface area contributed by atoms with Crippen molar-refractivity contribution in [1.29, 1.82) is 0 Å². The first-order valence-electron chi connectivity index (χ1n) is 5.82. The van der Waals surface area contributed by atoms with Gasteiger partial charge in [0.05, 0.1) is 23.8 Å². The van der Waals surface area contributed by atoms with Crippen LogP contribution in [0.4, 0.5) is 5.69 Å². The van der Waals surface area contributed by atoms with E-state index in [1.807, 2.05) is 10.8 Å². The van der Waals surface area contributed by atoms with E-state index in [2.05, 4.69) is 15.3 Å². The quantitative estimate of drug-likeness (QED) is 0.639. The number of hydrogen-bond donors (Lipinski definition) is 2. The largest absolute Gasteiger partial charge is 0.397 e. The number of nitrogens with zero attached hydrogens (tertiary/aromatic N) is 3. The zero-order chi connectivity index (χ0) is 13.7. The van der Waals surface area contributed by atoms with E-state index >= 15 is 0 Å². The van der Waals surface area contributed by atoms with E-state index in [1.54, 1.807) is 12.5 Å². The Kier molecular flexibility index (Phi) is 4.35. The van der Waals surface area contributed by atoms with Crippen molar-refractivity contribution in [2.24, 2.45) is 0 Å². The molecule has 2 aromatic heterocycles. The lowest BCUT2D eigenvalue weighted by molar-refractivity contribution is 0.0953. The Balaban J connectivity index is 1.82. The Labute approximate surface area is 115 Å². The molecule has 0 saturated heterocycles. The molecule has 0 aromatic carbocycles. The maximum Gasteiger partial charge on any atom is 0.253 e. The molecule has 19 heavy (non-hydrogen) atoms. The van der Waals surface area contributed by atoms with Crippen LogP contribution in [0, 0.1) is 0 Å². The Bertz CT molecular complexity index is 555. The number of pyridine rings is 1. The van der Waals surface area contributed by atoms with E-state index in [0.29, 0.717) is 17.8 Å². The fourth-order valence-corrected chi connectivity index (χ4v) is 1.77. The number of amides is 1. The second-order valence-corrected chi connectivity index (χ2v) is 4.39. The smallest absolute Gasteiger partial charge is 0.253 e. The third kappa shape index (κ3) is 3.69. The highest BCUT2D eigenvalue weighted by Crippen LogP contribution is 2.14. The van der Waals surface area contributed by atoms with Gasteiger partial charge in [0.2, 0.25) is 0 Å². The Morgan fingerprint density at radius 3 is 3.11 bits per heavy atom. The van der Waals surface area contributed by atoms with Gasteiger partial charge in [-0.15, -0.1) is 0 Å². The van der Waals surface area contributed by atoms with Gasteiger partial charge in [0.1, 0.15) is 5.15 Å². The van der Waals surface area contributed by atoms with Crippen LogP contribution in [-0.2, 0) is 6.54 Å². The number of nitrogen functional groups attached to an aromatic ring is 1. The van der Waals surface area contributed by atoms with Gasteiger partial charge in [-0.2, -0.15) is 0 Å². The zero-order valence-electron chi connectivity index (χ0n) is 10.2. The highest BCUT2D eigenvalue weighted by molar-refractivity contribution is 6.29. The maximum atomic E-state index is 11.9. The van der Waals surface area contributed by atoms with Crippen molar-refractivity contribution < 1.29 is 4.79 Å². The molecule has 0 spiro atoms. The van der Waals surface area contributed by atoms with Crippen molar-refractivity contribution in [3.63, 3.8) is 0 Å². The van der Waals surface area contributed by atoms with Gasteiger partial charge < -0.3 is 15.6 Å². The molecule has 0 aliphatic rings. The number of carbonyl (C=O) groups is 1. The van der Waals surface area contributed by atoms with Crippen LogP contribution in [-0.4, -0.2) is 27.0 Å². The predicted molar refractivity (Wildman–Crippen MR) is 72.8 cm³/mol. The highest BCUT2D eigenvalue weighted by atomic mass is 35.5. The van der Waals surface area contributed by atoms with Gasteiger partial charge in [-0.25, -0.2) is 9.97 Å². The van der Waals surface area contributed by atoms with Crippen molar-refractivity contribution in [2.45, 2.75) is 13.0 Å². The minimum absolute atomic E-state index is 0.243. The molecule has 100 valence electrons. The third-order valence-electron chi connectivity index (χ3n) is 2.58. The summed E-state index contributed by atoms with van der Waals surface area (Å²) >= 11 is 5.73. The number of anilines is 1. The number of hydrogen-bond acceptors (Lipinski definition) is 4. The minimum Gasteiger partial charge on any atom is -0.397 e. The fraction of sp³-hybridized carbons (Fsp3) is 0.250. The van der Waals surface area contributed by atoms with Crippen LogP contribution in [0.3, 0.4) is 0 Å². The Morgan fingerprint density at radius 2 is 2.37 bits per heavy atom. The standard InChI is InChI=1S/C12H14ClN5O/c13-11-6-9(10(14)7-17-11)12(19)16-2-1-4-18-5-3-15-8-18/h3,5-8H,1-2,4,14H2,(H,16,19). The van der Waals surface area contributed by atoms with Crippen LogP contribution in [0.15, 0.2) is 31.0 Å². The molecule has 0 bridgehead atoms. The summed E-state index contributed by atoms with van der Waals surface area (Å²) in [6.07, 6.45) is 7.52. The Morgan fingerprint density at radius 1 is 1.53 bits per heavy atom. The van der Waals surface area contributed by atoms with Crippen LogP contribution >= 0.6 is 11.6 Å². The fourth-order valence-electron chi connectivity index (χ4n) is 1.61. The molecule has 3 N–H and O–H groups in total. The van der Waals surface area contributed by atoms with Gasteiger partial charge >= 0.3 is 0 Å². The molecule has 0 radical (unpaired) electrons. The second kappa shape index (κ2) is 6.19. The van der Waals surface area contributed by atoms with Crippen LogP contribution < -0.4 is 11.1 Å². The number of halogens is 1. The summed E-state index contributed by atoms with van der Waals surface area (Å²) < 4.78 is 1.95. The monoisotopic (exact) mass is 279 g/mol. The Hall–Kier alpha value is -2.08. The lowest BCUT2D eigenvalue weighted by atomic mass is 10.2. The number of aromatic nitrogens is 3. The summed E-state index contributed by atoms with van der Waals surface area (Å²) in [5.41, 5.74) is 6.34.